The molecule has 21 heavy (non-hydrogen) atoms. The van der Waals surface area contributed by atoms with E-state index in [9.17, 15) is 4.79 Å². The molecule has 3 heteroatoms. The normalized spacial score (nSPS) is 11.1. The maximum atomic E-state index is 10.9. The predicted molar refractivity (Wildman–Crippen MR) is 91.8 cm³/mol. The van der Waals surface area contributed by atoms with Crippen molar-refractivity contribution in [2.45, 2.75) is 96.8 Å². The minimum absolute atomic E-state index is 0.0485. The van der Waals surface area contributed by atoms with E-state index in [1.807, 2.05) is 0 Å². The van der Waals surface area contributed by atoms with Gasteiger partial charge in [0, 0.05) is 6.42 Å². The molecule has 0 aromatic rings. The van der Waals surface area contributed by atoms with Crippen molar-refractivity contribution in [1.29, 1.82) is 0 Å². The van der Waals surface area contributed by atoms with E-state index in [4.69, 9.17) is 5.84 Å². The molecule has 0 aliphatic rings. The highest BCUT2D eigenvalue weighted by atomic mass is 16.2. The van der Waals surface area contributed by atoms with Crippen LogP contribution < -0.4 is 11.3 Å². The molecule has 0 radical (unpaired) electrons. The molecule has 0 aliphatic heterocycles. The fourth-order valence-corrected chi connectivity index (χ4v) is 2.43. The monoisotopic (exact) mass is 296 g/mol. The van der Waals surface area contributed by atoms with Gasteiger partial charge in [0.05, 0.1) is 0 Å². The summed E-state index contributed by atoms with van der Waals surface area (Å²) in [6.07, 6.45) is 21.9. The third kappa shape index (κ3) is 17.1. The van der Waals surface area contributed by atoms with E-state index < -0.39 is 0 Å². The van der Waals surface area contributed by atoms with Crippen LogP contribution in [0.4, 0.5) is 0 Å². The van der Waals surface area contributed by atoms with Gasteiger partial charge in [0.2, 0.25) is 5.91 Å². The summed E-state index contributed by atoms with van der Waals surface area (Å²) >= 11 is 0. The molecule has 0 aromatic heterocycles. The van der Waals surface area contributed by atoms with Crippen LogP contribution in [0.3, 0.4) is 0 Å². The second-order valence-electron chi connectivity index (χ2n) is 5.90. The first-order chi connectivity index (χ1) is 10.3. The first kappa shape index (κ1) is 20.2. The molecule has 1 amide bonds. The molecule has 0 spiro atoms. The largest absolute Gasteiger partial charge is 0.294 e. The second kappa shape index (κ2) is 17.2. The van der Waals surface area contributed by atoms with Crippen LogP contribution in [0.1, 0.15) is 96.8 Å². The number of hydrogen-bond donors (Lipinski definition) is 2. The predicted octanol–water partition coefficient (Wildman–Crippen LogP) is 5.01. The Morgan fingerprint density at radius 3 is 1.81 bits per heavy atom. The summed E-state index contributed by atoms with van der Waals surface area (Å²) in [4.78, 5) is 10.9. The molecule has 0 rings (SSSR count). The number of nitrogens with two attached hydrogens (primary N) is 1. The molecule has 0 aromatic carbocycles. The van der Waals surface area contributed by atoms with Gasteiger partial charge in [-0.3, -0.25) is 10.2 Å². The summed E-state index contributed by atoms with van der Waals surface area (Å²) < 4.78 is 0. The average Bonchev–Trinajstić information content (AvgIpc) is 2.50. The molecule has 0 atom stereocenters. The highest BCUT2D eigenvalue weighted by Gasteiger charge is 1.97. The molecule has 0 saturated heterocycles. The number of carbonyl (C=O) groups excluding carboxylic acids is 1. The van der Waals surface area contributed by atoms with Gasteiger partial charge in [-0.1, -0.05) is 70.4 Å². The van der Waals surface area contributed by atoms with E-state index in [1.165, 1.54) is 70.6 Å². The number of unbranched alkanes of at least 4 members (excludes halogenated alkanes) is 11. The molecule has 0 fully saturated rings. The first-order valence-electron chi connectivity index (χ1n) is 8.95. The Hall–Kier alpha value is -0.830. The van der Waals surface area contributed by atoms with E-state index in [1.54, 1.807) is 0 Å². The van der Waals surface area contributed by atoms with Gasteiger partial charge in [0.15, 0.2) is 0 Å². The van der Waals surface area contributed by atoms with Gasteiger partial charge in [-0.05, 0) is 32.1 Å². The number of hydrazine groups is 1. The van der Waals surface area contributed by atoms with E-state index in [2.05, 4.69) is 24.5 Å². The molecule has 124 valence electrons. The molecule has 3 nitrogen and oxygen atoms in total. The minimum atomic E-state index is -0.0485. The van der Waals surface area contributed by atoms with E-state index in [-0.39, 0.29) is 5.91 Å². The highest BCUT2D eigenvalue weighted by Crippen LogP contribution is 2.09. The topological polar surface area (TPSA) is 55.1 Å². The zero-order valence-electron chi connectivity index (χ0n) is 14.0. The lowest BCUT2D eigenvalue weighted by molar-refractivity contribution is -0.121. The standard InChI is InChI=1S/C18H36N2O/c1-2-3-4-5-6-7-8-9-10-11-12-13-14-15-16-17-18(21)20-19/h9-10H,2-8,11-17,19H2,1H3,(H,20,21). The molecular formula is C18H36N2O. The Bertz CT molecular complexity index is 252. The minimum Gasteiger partial charge on any atom is -0.294 e. The number of amides is 1. The van der Waals surface area contributed by atoms with Crippen molar-refractivity contribution in [3.63, 3.8) is 0 Å². The summed E-state index contributed by atoms with van der Waals surface area (Å²) in [6.45, 7) is 2.26. The lowest BCUT2D eigenvalue weighted by Crippen LogP contribution is -2.29. The van der Waals surface area contributed by atoms with E-state index in [0.29, 0.717) is 6.42 Å². The first-order valence-corrected chi connectivity index (χ1v) is 8.95. The van der Waals surface area contributed by atoms with Gasteiger partial charge in [-0.15, -0.1) is 0 Å². The lowest BCUT2D eigenvalue weighted by atomic mass is 10.1. The third-order valence-corrected chi connectivity index (χ3v) is 3.83. The molecule has 0 aliphatic carbocycles. The van der Waals surface area contributed by atoms with Gasteiger partial charge in [-0.25, -0.2) is 5.84 Å². The maximum Gasteiger partial charge on any atom is 0.233 e. The van der Waals surface area contributed by atoms with Crippen LogP contribution >= 0.6 is 0 Å². The molecular weight excluding hydrogens is 260 g/mol. The van der Waals surface area contributed by atoms with Crippen LogP contribution in [0.25, 0.3) is 0 Å². The van der Waals surface area contributed by atoms with Crippen molar-refractivity contribution in [2.24, 2.45) is 5.84 Å². The molecule has 0 bridgehead atoms. The van der Waals surface area contributed by atoms with Crippen molar-refractivity contribution >= 4 is 5.91 Å². The Morgan fingerprint density at radius 1 is 0.810 bits per heavy atom. The number of carbonyl (C=O) groups is 1. The fourth-order valence-electron chi connectivity index (χ4n) is 2.43. The Kier molecular flexibility index (Phi) is 16.5. The number of hydrogen-bond acceptors (Lipinski definition) is 2. The Labute approximate surface area is 131 Å². The summed E-state index contributed by atoms with van der Waals surface area (Å²) in [6, 6.07) is 0. The van der Waals surface area contributed by atoms with Crippen LogP contribution in [0.15, 0.2) is 12.2 Å². The van der Waals surface area contributed by atoms with Gasteiger partial charge in [0.25, 0.3) is 0 Å². The molecule has 3 N–H and O–H groups in total. The summed E-state index contributed by atoms with van der Waals surface area (Å²) in [5, 5.41) is 0. The van der Waals surface area contributed by atoms with Crippen molar-refractivity contribution in [2.75, 3.05) is 0 Å². The average molecular weight is 296 g/mol. The summed E-state index contributed by atoms with van der Waals surface area (Å²) in [5.74, 6) is 4.98. The molecule has 0 heterocycles. The van der Waals surface area contributed by atoms with Gasteiger partial charge in [-0.2, -0.15) is 0 Å². The Morgan fingerprint density at radius 2 is 1.29 bits per heavy atom. The molecule has 0 unspecified atom stereocenters. The third-order valence-electron chi connectivity index (χ3n) is 3.83. The van der Waals surface area contributed by atoms with Crippen LogP contribution in [0, 0.1) is 0 Å². The number of rotatable bonds is 15. The zero-order chi connectivity index (χ0) is 15.6. The highest BCUT2D eigenvalue weighted by molar-refractivity contribution is 5.74. The van der Waals surface area contributed by atoms with Crippen LogP contribution in [0.5, 0.6) is 0 Å². The SMILES string of the molecule is CCCCCCCCC=CCCCCCCCC(=O)NN. The van der Waals surface area contributed by atoms with Crippen LogP contribution in [0.2, 0.25) is 0 Å². The smallest absolute Gasteiger partial charge is 0.233 e. The second-order valence-corrected chi connectivity index (χ2v) is 5.90. The van der Waals surface area contributed by atoms with E-state index in [0.717, 1.165) is 12.8 Å². The summed E-state index contributed by atoms with van der Waals surface area (Å²) in [5.41, 5.74) is 2.17. The fraction of sp³-hybridized carbons (Fsp3) is 0.833. The summed E-state index contributed by atoms with van der Waals surface area (Å²) in [7, 11) is 0. The number of nitrogens with one attached hydrogen (secondary N) is 1. The van der Waals surface area contributed by atoms with Crippen LogP contribution in [-0.4, -0.2) is 5.91 Å². The van der Waals surface area contributed by atoms with E-state index >= 15 is 0 Å². The van der Waals surface area contributed by atoms with Crippen molar-refractivity contribution < 1.29 is 4.79 Å². The quantitative estimate of drug-likeness (QED) is 0.147. The van der Waals surface area contributed by atoms with Crippen molar-refractivity contribution in [1.82, 2.24) is 5.43 Å². The van der Waals surface area contributed by atoms with Gasteiger partial charge in [0.1, 0.15) is 0 Å². The van der Waals surface area contributed by atoms with Crippen LogP contribution in [-0.2, 0) is 4.79 Å². The van der Waals surface area contributed by atoms with Gasteiger partial charge < -0.3 is 0 Å². The van der Waals surface area contributed by atoms with Crippen molar-refractivity contribution in [3.05, 3.63) is 12.2 Å². The van der Waals surface area contributed by atoms with Crippen molar-refractivity contribution in [3.8, 4) is 0 Å². The number of allylic oxidation sites excluding steroid dienone is 2. The Balaban J connectivity index is 3.10. The maximum absolute atomic E-state index is 10.9. The van der Waals surface area contributed by atoms with Gasteiger partial charge >= 0.3 is 0 Å². The lowest BCUT2D eigenvalue weighted by Gasteiger charge is -2.00. The zero-order valence-corrected chi connectivity index (χ0v) is 14.0. The molecule has 0 saturated carbocycles.